The summed E-state index contributed by atoms with van der Waals surface area (Å²) in [5.41, 5.74) is 1.68. The Morgan fingerprint density at radius 2 is 1.88 bits per heavy atom. The first kappa shape index (κ1) is 18.3. The number of nitrogens with one attached hydrogen (secondary N) is 1. The molecule has 1 aromatic heterocycles. The Bertz CT molecular complexity index is 863. The quantitative estimate of drug-likeness (QED) is 0.881. The van der Waals surface area contributed by atoms with E-state index in [9.17, 15) is 13.2 Å². The van der Waals surface area contributed by atoms with E-state index in [1.54, 1.807) is 29.3 Å². The minimum Gasteiger partial charge on any atom is -0.332 e. The van der Waals surface area contributed by atoms with Gasteiger partial charge in [-0.15, -0.1) is 0 Å². The first-order valence-electron chi connectivity index (χ1n) is 8.46. The van der Waals surface area contributed by atoms with E-state index in [0.717, 1.165) is 11.3 Å². The van der Waals surface area contributed by atoms with Crippen LogP contribution in [0.2, 0.25) is 0 Å². The molecule has 1 saturated heterocycles. The van der Waals surface area contributed by atoms with E-state index in [4.69, 9.17) is 0 Å². The number of hydrogen-bond acceptors (Lipinski definition) is 4. The summed E-state index contributed by atoms with van der Waals surface area (Å²) in [4.78, 5) is 18.3. The second kappa shape index (κ2) is 7.84. The summed E-state index contributed by atoms with van der Waals surface area (Å²) in [6, 6.07) is 12.2. The van der Waals surface area contributed by atoms with Crippen molar-refractivity contribution in [2.45, 2.75) is 18.4 Å². The molecular formula is C18H22N4O3S. The summed E-state index contributed by atoms with van der Waals surface area (Å²) in [6.45, 7) is 3.50. The Labute approximate surface area is 153 Å². The number of carbonyl (C=O) groups excluding carboxylic acids is 1. The lowest BCUT2D eigenvalue weighted by Crippen LogP contribution is -2.53. The summed E-state index contributed by atoms with van der Waals surface area (Å²) >= 11 is 0. The van der Waals surface area contributed by atoms with Crippen molar-refractivity contribution in [1.82, 2.24) is 19.5 Å². The van der Waals surface area contributed by atoms with Crippen LogP contribution in [-0.4, -0.2) is 54.8 Å². The summed E-state index contributed by atoms with van der Waals surface area (Å²) < 4.78 is 26.9. The van der Waals surface area contributed by atoms with Crippen LogP contribution < -0.4 is 5.32 Å². The van der Waals surface area contributed by atoms with Crippen molar-refractivity contribution in [3.63, 3.8) is 0 Å². The van der Waals surface area contributed by atoms with Crippen molar-refractivity contribution < 1.29 is 13.2 Å². The van der Waals surface area contributed by atoms with E-state index in [2.05, 4.69) is 10.3 Å². The molecule has 2 aromatic rings. The molecule has 3 rings (SSSR count). The molecule has 0 atom stereocenters. The van der Waals surface area contributed by atoms with Crippen LogP contribution in [0, 0.1) is 6.92 Å². The largest absolute Gasteiger partial charge is 0.332 e. The molecule has 0 unspecified atom stereocenters. The molecule has 2 amide bonds. The Morgan fingerprint density at radius 1 is 1.12 bits per heavy atom. The molecule has 2 heterocycles. The molecule has 1 fully saturated rings. The Kier molecular flexibility index (Phi) is 5.53. The number of piperazine rings is 1. The fourth-order valence-corrected chi connectivity index (χ4v) is 4.36. The molecule has 138 valence electrons. The fourth-order valence-electron chi connectivity index (χ4n) is 2.84. The molecule has 0 aliphatic carbocycles. The van der Waals surface area contributed by atoms with E-state index in [-0.39, 0.29) is 19.1 Å². The van der Waals surface area contributed by atoms with Gasteiger partial charge in [-0.1, -0.05) is 18.2 Å². The lowest BCUT2D eigenvalue weighted by molar-refractivity contribution is 0.172. The SMILES string of the molecule is Cc1cccc(S(=O)(=O)N2CCN(C(=O)NCc3ccccn3)CC2)c1. The fraction of sp³-hybridized carbons (Fsp3) is 0.333. The number of nitrogens with zero attached hydrogens (tertiary/aromatic N) is 3. The standard InChI is InChI=1S/C18H22N4O3S/c1-15-5-4-7-17(13-15)26(24,25)22-11-9-21(10-12-22)18(23)20-14-16-6-2-3-8-19-16/h2-8,13H,9-12,14H2,1H3,(H,20,23). The number of amides is 2. The van der Waals surface area contributed by atoms with Gasteiger partial charge in [0.15, 0.2) is 0 Å². The van der Waals surface area contributed by atoms with Crippen LogP contribution >= 0.6 is 0 Å². The van der Waals surface area contributed by atoms with Crippen molar-refractivity contribution in [3.8, 4) is 0 Å². The predicted octanol–water partition coefficient (Wildman–Crippen LogP) is 1.61. The summed E-state index contributed by atoms with van der Waals surface area (Å²) in [7, 11) is -3.52. The van der Waals surface area contributed by atoms with Gasteiger partial charge >= 0.3 is 6.03 Å². The zero-order valence-corrected chi connectivity index (χ0v) is 15.4. The van der Waals surface area contributed by atoms with E-state index in [0.29, 0.717) is 24.5 Å². The number of hydrogen-bond donors (Lipinski definition) is 1. The van der Waals surface area contributed by atoms with Crippen LogP contribution in [-0.2, 0) is 16.6 Å². The first-order valence-corrected chi connectivity index (χ1v) is 9.90. The molecule has 1 N–H and O–H groups in total. The van der Waals surface area contributed by atoms with Crippen LogP contribution in [0.4, 0.5) is 4.79 Å². The minimum atomic E-state index is -3.52. The molecule has 1 aromatic carbocycles. The molecule has 0 saturated carbocycles. The normalized spacial score (nSPS) is 15.7. The minimum absolute atomic E-state index is 0.205. The molecule has 26 heavy (non-hydrogen) atoms. The molecule has 0 radical (unpaired) electrons. The van der Waals surface area contributed by atoms with Crippen LogP contribution in [0.1, 0.15) is 11.3 Å². The van der Waals surface area contributed by atoms with Crippen molar-refractivity contribution in [2.24, 2.45) is 0 Å². The van der Waals surface area contributed by atoms with Gasteiger partial charge in [0.05, 0.1) is 17.1 Å². The summed E-state index contributed by atoms with van der Waals surface area (Å²) in [5, 5.41) is 2.82. The Balaban J connectivity index is 1.56. The number of aromatic nitrogens is 1. The highest BCUT2D eigenvalue weighted by Crippen LogP contribution is 2.18. The maximum absolute atomic E-state index is 12.7. The zero-order valence-electron chi connectivity index (χ0n) is 14.6. The molecule has 8 heteroatoms. The van der Waals surface area contributed by atoms with Gasteiger partial charge in [-0.3, -0.25) is 4.98 Å². The third-order valence-corrected chi connectivity index (χ3v) is 6.19. The monoisotopic (exact) mass is 374 g/mol. The topological polar surface area (TPSA) is 82.6 Å². The van der Waals surface area contributed by atoms with Gasteiger partial charge in [-0.05, 0) is 36.8 Å². The predicted molar refractivity (Wildman–Crippen MR) is 98.0 cm³/mol. The Hall–Kier alpha value is -2.45. The average Bonchev–Trinajstić information content (AvgIpc) is 2.67. The van der Waals surface area contributed by atoms with Gasteiger partial charge in [-0.2, -0.15) is 4.31 Å². The van der Waals surface area contributed by atoms with E-state index in [1.165, 1.54) is 4.31 Å². The Morgan fingerprint density at radius 3 is 2.54 bits per heavy atom. The number of aryl methyl sites for hydroxylation is 1. The maximum atomic E-state index is 12.7. The lowest BCUT2D eigenvalue weighted by atomic mass is 10.2. The highest BCUT2D eigenvalue weighted by atomic mass is 32.2. The smallest absolute Gasteiger partial charge is 0.317 e. The molecule has 1 aliphatic heterocycles. The van der Waals surface area contributed by atoms with E-state index in [1.807, 2.05) is 31.2 Å². The molecule has 0 spiro atoms. The first-order chi connectivity index (χ1) is 12.5. The molecule has 0 bridgehead atoms. The molecular weight excluding hydrogens is 352 g/mol. The van der Waals surface area contributed by atoms with Crippen LogP contribution in [0.3, 0.4) is 0 Å². The van der Waals surface area contributed by atoms with Crippen molar-refractivity contribution in [2.75, 3.05) is 26.2 Å². The molecule has 7 nitrogen and oxygen atoms in total. The van der Waals surface area contributed by atoms with Gasteiger partial charge in [0.2, 0.25) is 10.0 Å². The number of benzene rings is 1. The van der Waals surface area contributed by atoms with Crippen LogP contribution in [0.15, 0.2) is 53.6 Å². The number of pyridine rings is 1. The number of sulfonamides is 1. The van der Waals surface area contributed by atoms with E-state index >= 15 is 0 Å². The number of carbonyl (C=O) groups is 1. The lowest BCUT2D eigenvalue weighted by Gasteiger charge is -2.34. The third kappa shape index (κ3) is 4.20. The second-order valence-corrected chi connectivity index (χ2v) is 8.13. The van der Waals surface area contributed by atoms with Gasteiger partial charge in [0.25, 0.3) is 0 Å². The van der Waals surface area contributed by atoms with E-state index < -0.39 is 10.0 Å². The number of rotatable bonds is 4. The van der Waals surface area contributed by atoms with Crippen molar-refractivity contribution >= 4 is 16.1 Å². The van der Waals surface area contributed by atoms with Gasteiger partial charge in [0, 0.05) is 32.4 Å². The zero-order chi connectivity index (χ0) is 18.6. The van der Waals surface area contributed by atoms with Crippen LogP contribution in [0.5, 0.6) is 0 Å². The highest BCUT2D eigenvalue weighted by molar-refractivity contribution is 7.89. The van der Waals surface area contributed by atoms with Gasteiger partial charge < -0.3 is 10.2 Å². The summed E-state index contributed by atoms with van der Waals surface area (Å²) in [6.07, 6.45) is 1.68. The van der Waals surface area contributed by atoms with Crippen LogP contribution in [0.25, 0.3) is 0 Å². The summed E-state index contributed by atoms with van der Waals surface area (Å²) in [5.74, 6) is 0. The third-order valence-electron chi connectivity index (χ3n) is 4.30. The van der Waals surface area contributed by atoms with Crippen molar-refractivity contribution in [3.05, 3.63) is 59.9 Å². The number of urea groups is 1. The highest BCUT2D eigenvalue weighted by Gasteiger charge is 2.30. The maximum Gasteiger partial charge on any atom is 0.317 e. The molecule has 1 aliphatic rings. The van der Waals surface area contributed by atoms with Gasteiger partial charge in [-0.25, -0.2) is 13.2 Å². The average molecular weight is 374 g/mol. The van der Waals surface area contributed by atoms with Crippen molar-refractivity contribution in [1.29, 1.82) is 0 Å². The second-order valence-electron chi connectivity index (χ2n) is 6.19. The van der Waals surface area contributed by atoms with Gasteiger partial charge in [0.1, 0.15) is 0 Å².